The first-order valence-corrected chi connectivity index (χ1v) is 40.3. The van der Waals surface area contributed by atoms with Gasteiger partial charge in [-0.2, -0.15) is 74.2 Å². The first-order chi connectivity index (χ1) is 61.7. The summed E-state index contributed by atoms with van der Waals surface area (Å²) in [4.78, 5) is 105. The van der Waals surface area contributed by atoms with E-state index in [1.165, 1.54) is 99.1 Å². The van der Waals surface area contributed by atoms with E-state index in [0.717, 1.165) is 81.9 Å². The van der Waals surface area contributed by atoms with E-state index in [1.54, 1.807) is 114 Å². The molecule has 0 fully saturated rings. The maximum Gasteiger partial charge on any atom is 0.416 e. The van der Waals surface area contributed by atoms with Crippen molar-refractivity contribution in [1.29, 1.82) is 0 Å². The number of rotatable bonds is 8. The van der Waals surface area contributed by atoms with Gasteiger partial charge in [-0.1, -0.05) is 36.4 Å². The fourth-order valence-electron chi connectivity index (χ4n) is 15.7. The van der Waals surface area contributed by atoms with Gasteiger partial charge in [0, 0.05) is 129 Å². The summed E-state index contributed by atoms with van der Waals surface area (Å²) in [6, 6.07) is 39.5. The fourth-order valence-corrected chi connectivity index (χ4v) is 16.3. The highest BCUT2D eigenvalue weighted by molar-refractivity contribution is 7.08. The van der Waals surface area contributed by atoms with Crippen molar-refractivity contribution in [3.63, 3.8) is 0 Å². The zero-order chi connectivity index (χ0) is 90.4. The third kappa shape index (κ3) is 16.2. The number of aryl methyl sites for hydroxylation is 1. The summed E-state index contributed by atoms with van der Waals surface area (Å²) in [6.07, 6.45) is -2.98. The maximum atomic E-state index is 13.4. The van der Waals surface area contributed by atoms with Crippen LogP contribution in [0.3, 0.4) is 0 Å². The average molecular weight is 1780 g/mol. The van der Waals surface area contributed by atoms with Crippen molar-refractivity contribution < 1.29 is 71.9 Å². The number of carbonyl (C=O) groups is 4. The van der Waals surface area contributed by atoms with Gasteiger partial charge in [0.15, 0.2) is 0 Å². The molecule has 648 valence electrons. The van der Waals surface area contributed by atoms with Gasteiger partial charge in [0.05, 0.1) is 158 Å². The van der Waals surface area contributed by atoms with Crippen LogP contribution in [0.15, 0.2) is 235 Å². The molecule has 38 heteroatoms. The maximum absolute atomic E-state index is 13.4. The zero-order valence-electron chi connectivity index (χ0n) is 68.1. The monoisotopic (exact) mass is 1780 g/mol. The smallest absolute Gasteiger partial charge is 0.323 e. The summed E-state index contributed by atoms with van der Waals surface area (Å²) >= 11 is 1.54. The number of aromatic amines is 1. The zero-order valence-corrected chi connectivity index (χ0v) is 68.9. The minimum absolute atomic E-state index is 0.107. The summed E-state index contributed by atoms with van der Waals surface area (Å²) in [7, 11) is 8.18. The Morgan fingerprint density at radius 1 is 0.357 bits per heavy atom. The van der Waals surface area contributed by atoms with E-state index in [1.807, 2.05) is 65.5 Å². The summed E-state index contributed by atoms with van der Waals surface area (Å²) in [5.41, 5.74) is 13.7. The lowest BCUT2D eigenvalue weighted by molar-refractivity contribution is -0.138. The molecule has 0 atom stereocenters. The molecule has 0 bridgehead atoms. The lowest BCUT2D eigenvalue weighted by Crippen LogP contribution is -2.42. The number of H-pyrrole nitrogens is 1. The van der Waals surface area contributed by atoms with Gasteiger partial charge in [-0.05, 0) is 150 Å². The summed E-state index contributed by atoms with van der Waals surface area (Å²) in [5, 5.41) is 14.7. The molecular formula is C91H65F12N21O4S. The minimum Gasteiger partial charge on any atom is -0.323 e. The Morgan fingerprint density at radius 3 is 1.02 bits per heavy atom. The Balaban J connectivity index is 0.000000116. The third-order valence-corrected chi connectivity index (χ3v) is 22.6. The topological polar surface area (TPSA) is 256 Å². The van der Waals surface area contributed by atoms with Crippen LogP contribution in [0.5, 0.6) is 0 Å². The molecular weight excluding hydrogens is 1710 g/mol. The molecule has 0 aliphatic carbocycles. The van der Waals surface area contributed by atoms with Gasteiger partial charge < -0.3 is 19.6 Å². The van der Waals surface area contributed by atoms with Gasteiger partial charge in [0.25, 0.3) is 0 Å². The fraction of sp³-hybridized carbons (Fsp3) is 0.154. The highest BCUT2D eigenvalue weighted by Crippen LogP contribution is 2.48. The average Bonchev–Trinajstić information content (AvgIpc) is 1.74. The molecule has 129 heavy (non-hydrogen) atoms. The molecule has 21 rings (SSSR count). The minimum atomic E-state index is -4.54. The van der Waals surface area contributed by atoms with Crippen LogP contribution in [-0.4, -0.2) is 138 Å². The van der Waals surface area contributed by atoms with Crippen molar-refractivity contribution in [3.05, 3.63) is 286 Å². The Hall–Kier alpha value is -15.6. The van der Waals surface area contributed by atoms with Crippen molar-refractivity contribution in [2.24, 2.45) is 12.0 Å². The van der Waals surface area contributed by atoms with Crippen LogP contribution in [0.2, 0.25) is 0 Å². The number of hydrogen-bond acceptors (Lipinski definition) is 16. The van der Waals surface area contributed by atoms with Crippen LogP contribution >= 0.6 is 11.3 Å². The number of hydrogen-bond donors (Lipinski definition) is 1. The molecule has 16 heterocycles. The Labute approximate surface area is 727 Å². The SMILES string of the molecule is CN1Cc2cnc3ccc(-c4ccc5c(c4)C=NC5)nc3c2N(c2cccc(C(F)(F)F)c2)C1=O.CN1Cc2cnc3ccc(-c4ccsc4)nc3c2N(c2cccc(C(F)(F)F)c2)C1=O.CN1Cc2cnc3ccc(-c4cn[nH]c4)nc3c2N(c2cccc(C(F)(F)F)c2)C1=O.CN1Cc2cnc3ccc(-c4cnn(C)c4)nc3c2N(c2cccc(C(F)(F)F)c2)C1=O. The third-order valence-electron chi connectivity index (χ3n) is 21.9. The number of fused-ring (bicyclic) bond motifs is 13. The molecule has 11 aromatic heterocycles. The number of anilines is 8. The molecule has 0 saturated heterocycles. The summed E-state index contributed by atoms with van der Waals surface area (Å²) < 4.78 is 162. The molecule has 0 unspecified atom stereocenters. The number of thiophene rings is 1. The molecule has 25 nitrogen and oxygen atoms in total. The van der Waals surface area contributed by atoms with E-state index in [-0.39, 0.29) is 48.9 Å². The number of benzene rings is 5. The van der Waals surface area contributed by atoms with Crippen molar-refractivity contribution in [2.45, 2.75) is 57.4 Å². The van der Waals surface area contributed by atoms with E-state index >= 15 is 0 Å². The number of carbonyl (C=O) groups excluding carboxylic acids is 4. The lowest BCUT2D eigenvalue weighted by Gasteiger charge is -2.35. The van der Waals surface area contributed by atoms with Gasteiger partial charge in [0.2, 0.25) is 0 Å². The number of aromatic nitrogens is 12. The van der Waals surface area contributed by atoms with Crippen molar-refractivity contribution in [1.82, 2.24) is 79.4 Å². The quantitative estimate of drug-likeness (QED) is 0.139. The molecule has 16 aromatic rings. The van der Waals surface area contributed by atoms with E-state index in [4.69, 9.17) is 15.0 Å². The number of amides is 8. The second-order valence-corrected chi connectivity index (χ2v) is 31.4. The second-order valence-electron chi connectivity index (χ2n) is 30.7. The second kappa shape index (κ2) is 32.7. The van der Waals surface area contributed by atoms with Crippen LogP contribution in [0.4, 0.5) is 117 Å². The van der Waals surface area contributed by atoms with Gasteiger partial charge in [-0.25, -0.2) is 39.1 Å². The van der Waals surface area contributed by atoms with Gasteiger partial charge >= 0.3 is 48.8 Å². The number of aliphatic imine (C=N–C) groups is 1. The van der Waals surface area contributed by atoms with E-state index in [2.05, 4.69) is 45.2 Å². The lowest BCUT2D eigenvalue weighted by atomic mass is 10.0. The van der Waals surface area contributed by atoms with Crippen molar-refractivity contribution >= 4 is 131 Å². The standard InChI is InChI=1S/C26H18F3N5O.C22H17F3N6O.C22H15F3N4OS.C21H15F3N6O/c1-33-14-18-13-31-22-8-7-21(15-5-6-16-11-30-12-17(16)9-15)32-23(22)24(18)34(25(33)35)20-4-2-3-19(10-20)26(27,28)29;1-29-11-14-9-26-18-7-6-17(13-10-27-30(2)12-13)28-19(18)20(14)31(21(29)32)16-5-3-4-15(8-16)22(23,24)25;1-28-11-14-10-26-18-6-5-17(13-7-8-31-12-13)27-19(18)20(14)29(21(28)30)16-4-2-3-15(9-16)22(23,24)25;1-29-11-13-8-25-17-6-5-16(12-9-26-27-10-12)28-18(17)19(13)30(20(29)31)15-4-2-3-14(7-15)21(22,23)24/h2-10,12-13H,11,14H2,1H3;3-10,12H,11H2,1-2H3;2-10,12H,11H2,1H3;2-10H,11H2,1H3,(H,26,27). The molecule has 8 amide bonds. The molecule has 0 spiro atoms. The van der Waals surface area contributed by atoms with Crippen LogP contribution in [0.25, 0.3) is 89.2 Å². The molecule has 5 aliphatic heterocycles. The summed E-state index contributed by atoms with van der Waals surface area (Å²) in [5.74, 6) is 0. The van der Waals surface area contributed by atoms with E-state index in [0.29, 0.717) is 118 Å². The molecule has 5 aliphatic rings. The van der Waals surface area contributed by atoms with Gasteiger partial charge in [-0.3, -0.25) is 54.3 Å². The number of nitrogens with zero attached hydrogens (tertiary/aromatic N) is 20. The number of alkyl halides is 12. The van der Waals surface area contributed by atoms with E-state index in [9.17, 15) is 71.9 Å². The highest BCUT2D eigenvalue weighted by atomic mass is 32.1. The predicted octanol–water partition coefficient (Wildman–Crippen LogP) is 21.5. The molecule has 0 radical (unpaired) electrons. The number of nitrogens with one attached hydrogen (secondary N) is 1. The van der Waals surface area contributed by atoms with Gasteiger partial charge in [-0.15, -0.1) is 0 Å². The van der Waals surface area contributed by atoms with Crippen LogP contribution in [0.1, 0.15) is 55.6 Å². The first-order valence-electron chi connectivity index (χ1n) is 39.4. The predicted molar refractivity (Wildman–Crippen MR) is 460 cm³/mol. The normalized spacial score (nSPS) is 14.5. The van der Waals surface area contributed by atoms with Gasteiger partial charge in [0.1, 0.15) is 22.1 Å². The van der Waals surface area contributed by atoms with Crippen LogP contribution in [-0.2, 0) is 64.5 Å². The number of pyridine rings is 8. The van der Waals surface area contributed by atoms with Crippen LogP contribution < -0.4 is 19.6 Å². The number of halogens is 12. The van der Waals surface area contributed by atoms with E-state index < -0.39 is 71.1 Å². The van der Waals surface area contributed by atoms with Crippen molar-refractivity contribution in [2.75, 3.05) is 47.8 Å². The molecule has 5 aromatic carbocycles. The largest absolute Gasteiger partial charge is 0.416 e. The molecule has 0 saturated carbocycles. The first kappa shape index (κ1) is 84.2. The Bertz CT molecular complexity index is 7010. The Morgan fingerprint density at radius 2 is 0.705 bits per heavy atom. The van der Waals surface area contributed by atoms with Crippen molar-refractivity contribution in [3.8, 4) is 45.0 Å². The van der Waals surface area contributed by atoms with Crippen LogP contribution in [0, 0.1) is 0 Å². The summed E-state index contributed by atoms with van der Waals surface area (Å²) in [6.45, 7) is 1.75. The number of urea groups is 4. The highest BCUT2D eigenvalue weighted by Gasteiger charge is 2.42. The molecule has 1 N–H and O–H groups in total. The Kier molecular flexibility index (Phi) is 21.4.